The van der Waals surface area contributed by atoms with E-state index in [1.165, 1.54) is 16.3 Å². The van der Waals surface area contributed by atoms with Crippen LogP contribution in [-0.4, -0.2) is 9.55 Å². The molecule has 3 heteroatoms. The lowest BCUT2D eigenvalue weighted by atomic mass is 10.0. The first-order valence-corrected chi connectivity index (χ1v) is 6.36. The average Bonchev–Trinajstić information content (AvgIpc) is 2.82. The number of hydrogen-bond donors (Lipinski definition) is 0. The third kappa shape index (κ3) is 2.12. The first kappa shape index (κ1) is 11.3. The lowest BCUT2D eigenvalue weighted by molar-refractivity contribution is 0.699. The van der Waals surface area contributed by atoms with Gasteiger partial charge in [-0.15, -0.1) is 0 Å². The molecule has 3 aromatic rings. The van der Waals surface area contributed by atoms with Crippen LogP contribution in [0.25, 0.3) is 10.8 Å². The van der Waals surface area contributed by atoms with E-state index in [1.807, 2.05) is 10.8 Å². The molecule has 0 N–H and O–H groups in total. The van der Waals surface area contributed by atoms with E-state index in [-0.39, 0.29) is 0 Å². The molecule has 2 nitrogen and oxygen atoms in total. The van der Waals surface area contributed by atoms with Crippen LogP contribution in [-0.2, 0) is 13.0 Å². The fourth-order valence-corrected chi connectivity index (χ4v) is 2.43. The minimum absolute atomic E-state index is 0.551. The maximum absolute atomic E-state index is 5.98. The highest BCUT2D eigenvalue weighted by Gasteiger charge is 2.02. The molecule has 0 aliphatic rings. The van der Waals surface area contributed by atoms with Crippen LogP contribution in [0.3, 0.4) is 0 Å². The van der Waals surface area contributed by atoms with Crippen LogP contribution in [0.15, 0.2) is 54.9 Å². The van der Waals surface area contributed by atoms with Crippen molar-refractivity contribution in [1.29, 1.82) is 0 Å². The molecule has 1 aromatic heterocycles. The van der Waals surface area contributed by atoms with Crippen molar-refractivity contribution in [1.82, 2.24) is 9.55 Å². The van der Waals surface area contributed by atoms with Crippen molar-refractivity contribution < 1.29 is 0 Å². The molecule has 2 aromatic carbocycles. The van der Waals surface area contributed by atoms with Crippen LogP contribution in [0.2, 0.25) is 5.28 Å². The highest BCUT2D eigenvalue weighted by molar-refractivity contribution is 6.28. The van der Waals surface area contributed by atoms with Gasteiger partial charge < -0.3 is 4.57 Å². The Morgan fingerprint density at radius 2 is 1.89 bits per heavy atom. The molecule has 0 aliphatic heterocycles. The zero-order valence-electron chi connectivity index (χ0n) is 9.88. The number of benzene rings is 2. The summed E-state index contributed by atoms with van der Waals surface area (Å²) in [5, 5.41) is 3.15. The number of fused-ring (bicyclic) bond motifs is 1. The van der Waals surface area contributed by atoms with Crippen molar-refractivity contribution in [3.63, 3.8) is 0 Å². The monoisotopic (exact) mass is 256 g/mol. The Morgan fingerprint density at radius 3 is 2.72 bits per heavy atom. The highest BCUT2D eigenvalue weighted by Crippen LogP contribution is 2.19. The molecule has 0 amide bonds. The SMILES string of the molecule is Clc1nccn1CCc1cccc2ccccc12. The van der Waals surface area contributed by atoms with Gasteiger partial charge in [0.1, 0.15) is 0 Å². The topological polar surface area (TPSA) is 17.8 Å². The molecule has 0 spiro atoms. The van der Waals surface area contributed by atoms with Gasteiger partial charge in [-0.05, 0) is 34.4 Å². The minimum atomic E-state index is 0.551. The van der Waals surface area contributed by atoms with Crippen LogP contribution in [0, 0.1) is 0 Å². The van der Waals surface area contributed by atoms with Crippen LogP contribution in [0.4, 0.5) is 0 Å². The molecule has 0 unspecified atom stereocenters. The van der Waals surface area contributed by atoms with Crippen LogP contribution < -0.4 is 0 Å². The second-order valence-corrected chi connectivity index (χ2v) is 4.62. The van der Waals surface area contributed by atoms with E-state index >= 15 is 0 Å². The third-order valence-corrected chi connectivity index (χ3v) is 3.48. The van der Waals surface area contributed by atoms with Crippen molar-refractivity contribution in [2.24, 2.45) is 0 Å². The van der Waals surface area contributed by atoms with E-state index < -0.39 is 0 Å². The molecule has 0 bridgehead atoms. The van der Waals surface area contributed by atoms with Gasteiger partial charge >= 0.3 is 0 Å². The molecule has 0 saturated carbocycles. The van der Waals surface area contributed by atoms with Crippen LogP contribution in [0.1, 0.15) is 5.56 Å². The summed E-state index contributed by atoms with van der Waals surface area (Å²) in [6.45, 7) is 0.854. The quantitative estimate of drug-likeness (QED) is 0.694. The van der Waals surface area contributed by atoms with E-state index in [2.05, 4.69) is 47.4 Å². The van der Waals surface area contributed by atoms with E-state index in [9.17, 15) is 0 Å². The van der Waals surface area contributed by atoms with Crippen molar-refractivity contribution in [2.45, 2.75) is 13.0 Å². The molecule has 0 atom stereocenters. The molecule has 0 radical (unpaired) electrons. The molecule has 0 fully saturated rings. The first-order chi connectivity index (χ1) is 8.84. The van der Waals surface area contributed by atoms with Crippen LogP contribution in [0.5, 0.6) is 0 Å². The number of imidazole rings is 1. The maximum atomic E-state index is 5.98. The van der Waals surface area contributed by atoms with Gasteiger partial charge in [0.2, 0.25) is 5.28 Å². The zero-order chi connectivity index (χ0) is 12.4. The summed E-state index contributed by atoms with van der Waals surface area (Å²) < 4.78 is 1.96. The van der Waals surface area contributed by atoms with Gasteiger partial charge in [0.15, 0.2) is 0 Å². The second-order valence-electron chi connectivity index (χ2n) is 4.28. The molecule has 3 rings (SSSR count). The lowest BCUT2D eigenvalue weighted by Crippen LogP contribution is -2.00. The number of halogens is 1. The summed E-state index contributed by atoms with van der Waals surface area (Å²) in [6.07, 6.45) is 4.59. The molecule has 90 valence electrons. The number of aryl methyl sites for hydroxylation is 2. The summed E-state index contributed by atoms with van der Waals surface area (Å²) in [4.78, 5) is 4.02. The van der Waals surface area contributed by atoms with Crippen molar-refractivity contribution in [3.8, 4) is 0 Å². The summed E-state index contributed by atoms with van der Waals surface area (Å²) in [6, 6.07) is 14.9. The Bertz CT molecular complexity index is 668. The van der Waals surface area contributed by atoms with Crippen LogP contribution >= 0.6 is 11.6 Å². The third-order valence-electron chi connectivity index (χ3n) is 3.17. The second kappa shape index (κ2) is 4.83. The summed E-state index contributed by atoms with van der Waals surface area (Å²) >= 11 is 5.98. The normalized spacial score (nSPS) is 10.9. The number of hydrogen-bond acceptors (Lipinski definition) is 1. The van der Waals surface area contributed by atoms with Gasteiger partial charge in [0, 0.05) is 18.9 Å². The summed E-state index contributed by atoms with van der Waals surface area (Å²) in [7, 11) is 0. The van der Waals surface area contributed by atoms with Gasteiger partial charge in [-0.25, -0.2) is 4.98 Å². The predicted octanol–water partition coefficient (Wildman–Crippen LogP) is 3.93. The molecule has 18 heavy (non-hydrogen) atoms. The van der Waals surface area contributed by atoms with Gasteiger partial charge in [-0.2, -0.15) is 0 Å². The molecule has 0 aliphatic carbocycles. The van der Waals surface area contributed by atoms with Gasteiger partial charge in [0.05, 0.1) is 0 Å². The maximum Gasteiger partial charge on any atom is 0.202 e. The van der Waals surface area contributed by atoms with Gasteiger partial charge in [-0.1, -0.05) is 42.5 Å². The standard InChI is InChI=1S/C15H13ClN2/c16-15-17-9-11-18(15)10-8-13-6-3-5-12-4-1-2-7-14(12)13/h1-7,9,11H,8,10H2. The van der Waals surface area contributed by atoms with Crippen molar-refractivity contribution in [2.75, 3.05) is 0 Å². The van der Waals surface area contributed by atoms with E-state index in [0.717, 1.165) is 13.0 Å². The number of nitrogens with zero attached hydrogens (tertiary/aromatic N) is 2. The van der Waals surface area contributed by atoms with E-state index in [0.29, 0.717) is 5.28 Å². The Kier molecular flexibility index (Phi) is 3.03. The minimum Gasteiger partial charge on any atom is -0.321 e. The van der Waals surface area contributed by atoms with Gasteiger partial charge in [0.25, 0.3) is 0 Å². The fraction of sp³-hybridized carbons (Fsp3) is 0.133. The highest BCUT2D eigenvalue weighted by atomic mass is 35.5. The zero-order valence-corrected chi connectivity index (χ0v) is 10.6. The lowest BCUT2D eigenvalue weighted by Gasteiger charge is -2.07. The van der Waals surface area contributed by atoms with Crippen molar-refractivity contribution in [3.05, 3.63) is 65.7 Å². The van der Waals surface area contributed by atoms with E-state index in [1.54, 1.807) is 6.20 Å². The Morgan fingerprint density at radius 1 is 1.06 bits per heavy atom. The fourth-order valence-electron chi connectivity index (χ4n) is 2.23. The Hall–Kier alpha value is -1.80. The van der Waals surface area contributed by atoms with Gasteiger partial charge in [-0.3, -0.25) is 0 Å². The smallest absolute Gasteiger partial charge is 0.202 e. The summed E-state index contributed by atoms with van der Waals surface area (Å²) in [5.41, 5.74) is 1.35. The Balaban J connectivity index is 1.89. The van der Waals surface area contributed by atoms with Crippen molar-refractivity contribution >= 4 is 22.4 Å². The predicted molar refractivity (Wildman–Crippen MR) is 74.9 cm³/mol. The summed E-state index contributed by atoms with van der Waals surface area (Å²) in [5.74, 6) is 0. The number of aromatic nitrogens is 2. The largest absolute Gasteiger partial charge is 0.321 e. The number of rotatable bonds is 3. The molecule has 1 heterocycles. The Labute approximate surface area is 111 Å². The average molecular weight is 257 g/mol. The molecular weight excluding hydrogens is 244 g/mol. The first-order valence-electron chi connectivity index (χ1n) is 5.98. The van der Waals surface area contributed by atoms with E-state index in [4.69, 9.17) is 11.6 Å². The molecular formula is C15H13ClN2. The molecule has 0 saturated heterocycles.